The Kier molecular flexibility index (Phi) is 6.63. The average molecular weight is 507 g/mol. The van der Waals surface area contributed by atoms with Gasteiger partial charge in [-0.3, -0.25) is 14.9 Å². The Morgan fingerprint density at radius 1 is 0.861 bits per heavy atom. The summed E-state index contributed by atoms with van der Waals surface area (Å²) in [7, 11) is -2.80. The molecule has 0 aliphatic carbocycles. The van der Waals surface area contributed by atoms with E-state index in [2.05, 4.69) is 5.32 Å². The van der Waals surface area contributed by atoms with Crippen molar-refractivity contribution in [2.45, 2.75) is 18.7 Å². The summed E-state index contributed by atoms with van der Waals surface area (Å²) in [5.74, 6) is -1.66. The Morgan fingerprint density at radius 2 is 1.58 bits per heavy atom. The lowest BCUT2D eigenvalue weighted by Gasteiger charge is -2.26. The highest BCUT2D eigenvalue weighted by molar-refractivity contribution is 7.87. The molecule has 0 bridgehead atoms. The predicted molar refractivity (Wildman–Crippen MR) is 132 cm³/mol. The third-order valence-electron chi connectivity index (χ3n) is 5.37. The number of methoxy groups -OCH3 is 1. The second-order valence-electron chi connectivity index (χ2n) is 8.06. The average Bonchev–Trinajstić information content (AvgIpc) is 2.82. The Bertz CT molecular complexity index is 1510. The molecule has 1 N–H and O–H groups in total. The fraction of sp³-hybridized carbons (Fsp3) is 0.115. The molecule has 1 heterocycles. The van der Waals surface area contributed by atoms with Crippen LogP contribution in [0.4, 0.5) is 10.5 Å². The minimum absolute atomic E-state index is 0.0215. The van der Waals surface area contributed by atoms with Gasteiger partial charge in [-0.1, -0.05) is 35.9 Å². The lowest BCUT2D eigenvalue weighted by atomic mass is 10.1. The first-order valence-corrected chi connectivity index (χ1v) is 12.2. The maximum atomic E-state index is 13.1. The van der Waals surface area contributed by atoms with Gasteiger partial charge in [-0.05, 0) is 67.4 Å². The van der Waals surface area contributed by atoms with Gasteiger partial charge in [0.25, 0.3) is 11.8 Å². The molecule has 9 nitrogen and oxygen atoms in total. The van der Waals surface area contributed by atoms with Crippen LogP contribution in [0.1, 0.15) is 16.7 Å². The Hall–Kier alpha value is -4.44. The number of carbonyl (C=O) groups excluding carboxylic acids is 3. The SMILES string of the molecule is COc1cc(/C=C2\C(=O)NC(=O)N(c3cccc(C)c3)C2=O)ccc1OS(=O)(=O)c1ccc(C)cc1. The zero-order chi connectivity index (χ0) is 26.0. The number of aryl methyl sites for hydroxylation is 2. The van der Waals surface area contributed by atoms with E-state index < -0.39 is 28.0 Å². The standard InChI is InChI=1S/C26H22N2O7S/c1-16-7-10-20(11-8-16)36(32,33)35-22-12-9-18(15-23(22)34-3)14-21-24(29)27-26(31)28(25(21)30)19-6-4-5-17(2)13-19/h4-15H,1-3H3,(H,27,29,31)/b21-14+. The van der Waals surface area contributed by atoms with Crippen LogP contribution in [-0.2, 0) is 19.7 Å². The van der Waals surface area contributed by atoms with Crippen LogP contribution in [0.5, 0.6) is 11.5 Å². The summed E-state index contributed by atoms with van der Waals surface area (Å²) in [6.07, 6.45) is 1.29. The summed E-state index contributed by atoms with van der Waals surface area (Å²) in [6.45, 7) is 3.65. The van der Waals surface area contributed by atoms with E-state index in [0.717, 1.165) is 16.0 Å². The molecule has 1 aliphatic heterocycles. The topological polar surface area (TPSA) is 119 Å². The van der Waals surface area contributed by atoms with E-state index in [-0.39, 0.29) is 22.0 Å². The maximum Gasteiger partial charge on any atom is 0.339 e. The molecule has 0 spiro atoms. The number of nitrogens with one attached hydrogen (secondary N) is 1. The van der Waals surface area contributed by atoms with Crippen LogP contribution in [0.25, 0.3) is 6.08 Å². The fourth-order valence-electron chi connectivity index (χ4n) is 3.54. The van der Waals surface area contributed by atoms with Gasteiger partial charge >= 0.3 is 16.1 Å². The number of urea groups is 1. The molecule has 36 heavy (non-hydrogen) atoms. The summed E-state index contributed by atoms with van der Waals surface area (Å²) in [5.41, 5.74) is 2.12. The number of amides is 4. The lowest BCUT2D eigenvalue weighted by Crippen LogP contribution is -2.54. The molecule has 10 heteroatoms. The number of carbonyl (C=O) groups is 3. The van der Waals surface area contributed by atoms with Crippen molar-refractivity contribution in [3.8, 4) is 11.5 Å². The van der Waals surface area contributed by atoms with Crippen LogP contribution < -0.4 is 19.1 Å². The minimum atomic E-state index is -4.13. The van der Waals surface area contributed by atoms with Crippen molar-refractivity contribution >= 4 is 39.7 Å². The molecular formula is C26H22N2O7S. The van der Waals surface area contributed by atoms with Crippen LogP contribution in [0, 0.1) is 13.8 Å². The number of rotatable bonds is 6. The number of benzene rings is 3. The number of hydrogen-bond donors (Lipinski definition) is 1. The highest BCUT2D eigenvalue weighted by Gasteiger charge is 2.36. The first-order chi connectivity index (χ1) is 17.1. The quantitative estimate of drug-likeness (QED) is 0.307. The van der Waals surface area contributed by atoms with Gasteiger partial charge in [0.15, 0.2) is 11.5 Å². The van der Waals surface area contributed by atoms with Crippen molar-refractivity contribution in [1.29, 1.82) is 0 Å². The number of imide groups is 2. The third kappa shape index (κ3) is 4.98. The van der Waals surface area contributed by atoms with E-state index in [1.54, 1.807) is 30.3 Å². The van der Waals surface area contributed by atoms with Gasteiger partial charge in [-0.2, -0.15) is 8.42 Å². The molecule has 3 aromatic carbocycles. The fourth-order valence-corrected chi connectivity index (χ4v) is 4.48. The van der Waals surface area contributed by atoms with E-state index in [4.69, 9.17) is 8.92 Å². The maximum absolute atomic E-state index is 13.1. The molecule has 1 saturated heterocycles. The molecule has 1 fully saturated rings. The van der Waals surface area contributed by atoms with E-state index in [0.29, 0.717) is 11.3 Å². The monoisotopic (exact) mass is 506 g/mol. The van der Waals surface area contributed by atoms with Crippen LogP contribution in [0.15, 0.2) is 77.2 Å². The van der Waals surface area contributed by atoms with E-state index in [9.17, 15) is 22.8 Å². The minimum Gasteiger partial charge on any atom is -0.493 e. The Balaban J connectivity index is 1.65. The largest absolute Gasteiger partial charge is 0.493 e. The van der Waals surface area contributed by atoms with Gasteiger partial charge in [0.05, 0.1) is 12.8 Å². The molecule has 4 rings (SSSR count). The summed E-state index contributed by atoms with van der Waals surface area (Å²) >= 11 is 0. The highest BCUT2D eigenvalue weighted by atomic mass is 32.2. The molecule has 0 saturated carbocycles. The number of anilines is 1. The lowest BCUT2D eigenvalue weighted by molar-refractivity contribution is -0.122. The molecule has 0 atom stereocenters. The van der Waals surface area contributed by atoms with Gasteiger partial charge in [-0.15, -0.1) is 0 Å². The van der Waals surface area contributed by atoms with Crippen molar-refractivity contribution < 1.29 is 31.7 Å². The zero-order valence-electron chi connectivity index (χ0n) is 19.6. The molecular weight excluding hydrogens is 484 g/mol. The van der Waals surface area contributed by atoms with Crippen LogP contribution in [0.3, 0.4) is 0 Å². The zero-order valence-corrected chi connectivity index (χ0v) is 20.5. The van der Waals surface area contributed by atoms with Crippen LogP contribution in [0.2, 0.25) is 0 Å². The van der Waals surface area contributed by atoms with Gasteiger partial charge < -0.3 is 8.92 Å². The van der Waals surface area contributed by atoms with Crippen LogP contribution >= 0.6 is 0 Å². The first-order valence-electron chi connectivity index (χ1n) is 10.8. The van der Waals surface area contributed by atoms with Crippen LogP contribution in [-0.4, -0.2) is 33.4 Å². The number of barbiturate groups is 1. The van der Waals surface area contributed by atoms with Crippen molar-refractivity contribution in [2.24, 2.45) is 0 Å². The molecule has 0 aromatic heterocycles. The van der Waals surface area contributed by atoms with Crippen molar-refractivity contribution in [2.75, 3.05) is 12.0 Å². The van der Waals surface area contributed by atoms with Gasteiger partial charge in [-0.25, -0.2) is 9.69 Å². The number of ether oxygens (including phenoxy) is 1. The summed E-state index contributed by atoms with van der Waals surface area (Å²) < 4.78 is 35.9. The van der Waals surface area contributed by atoms with Gasteiger partial charge in [0.2, 0.25) is 0 Å². The highest BCUT2D eigenvalue weighted by Crippen LogP contribution is 2.32. The van der Waals surface area contributed by atoms with Crippen molar-refractivity contribution in [1.82, 2.24) is 5.32 Å². The predicted octanol–water partition coefficient (Wildman–Crippen LogP) is 3.75. The van der Waals surface area contributed by atoms with E-state index in [1.165, 1.54) is 43.5 Å². The van der Waals surface area contributed by atoms with E-state index >= 15 is 0 Å². The second-order valence-corrected chi connectivity index (χ2v) is 9.60. The number of nitrogens with zero attached hydrogens (tertiary/aromatic N) is 1. The third-order valence-corrected chi connectivity index (χ3v) is 6.62. The molecule has 3 aromatic rings. The van der Waals surface area contributed by atoms with E-state index in [1.807, 2.05) is 19.9 Å². The normalized spacial score (nSPS) is 15.1. The molecule has 0 radical (unpaired) electrons. The van der Waals surface area contributed by atoms with Gasteiger partial charge in [0.1, 0.15) is 10.5 Å². The Labute approximate surface area is 208 Å². The molecule has 0 unspecified atom stereocenters. The Morgan fingerprint density at radius 3 is 2.25 bits per heavy atom. The molecule has 1 aliphatic rings. The van der Waals surface area contributed by atoms with Crippen molar-refractivity contribution in [3.63, 3.8) is 0 Å². The first kappa shape index (κ1) is 24.7. The summed E-state index contributed by atoms with van der Waals surface area (Å²) in [5, 5.41) is 2.16. The smallest absolute Gasteiger partial charge is 0.339 e. The molecule has 4 amide bonds. The van der Waals surface area contributed by atoms with Crippen molar-refractivity contribution in [3.05, 3.63) is 89.0 Å². The molecule has 184 valence electrons. The van der Waals surface area contributed by atoms with Gasteiger partial charge in [0, 0.05) is 0 Å². The number of hydrogen-bond acceptors (Lipinski definition) is 7. The summed E-state index contributed by atoms with van der Waals surface area (Å²) in [6, 6.07) is 16.3. The second kappa shape index (κ2) is 9.67. The summed E-state index contributed by atoms with van der Waals surface area (Å²) in [4.78, 5) is 38.8.